The first kappa shape index (κ1) is 19.7. The molecule has 0 saturated carbocycles. The lowest BCUT2D eigenvalue weighted by Gasteiger charge is -1.99. The number of esters is 1. The standard InChI is InChI=1S/C10H22.C9H10O2/c1-3-5-7-9-10-8-6-4-2;1-8(10)11-7-9-5-3-2-4-6-9/h3-10H2,1-2H3;2-6H,7H2,1H3. The highest BCUT2D eigenvalue weighted by Crippen LogP contribution is 2.07. The van der Waals surface area contributed by atoms with Crippen LogP contribution in [0.4, 0.5) is 0 Å². The molecule has 0 aromatic heterocycles. The second-order valence-electron chi connectivity index (χ2n) is 5.39. The minimum Gasteiger partial charge on any atom is -0.461 e. The number of hydrogen-bond donors (Lipinski definition) is 0. The van der Waals surface area contributed by atoms with Gasteiger partial charge in [-0.15, -0.1) is 0 Å². The average Bonchev–Trinajstić information content (AvgIpc) is 2.50. The van der Waals surface area contributed by atoms with Gasteiger partial charge < -0.3 is 4.74 Å². The summed E-state index contributed by atoms with van der Waals surface area (Å²) in [5.74, 6) is -0.242. The van der Waals surface area contributed by atoms with Crippen LogP contribution in [0.15, 0.2) is 30.3 Å². The van der Waals surface area contributed by atoms with Crippen LogP contribution in [0, 0.1) is 0 Å². The van der Waals surface area contributed by atoms with Gasteiger partial charge in [0.2, 0.25) is 0 Å². The Hall–Kier alpha value is -1.31. The maximum Gasteiger partial charge on any atom is 0.302 e. The van der Waals surface area contributed by atoms with Crippen molar-refractivity contribution < 1.29 is 9.53 Å². The molecule has 0 saturated heterocycles. The van der Waals surface area contributed by atoms with Crippen LogP contribution in [-0.4, -0.2) is 5.97 Å². The number of ether oxygens (including phenoxy) is 1. The van der Waals surface area contributed by atoms with E-state index in [1.54, 1.807) is 0 Å². The van der Waals surface area contributed by atoms with Crippen LogP contribution in [0.1, 0.15) is 77.7 Å². The van der Waals surface area contributed by atoms with E-state index in [0.29, 0.717) is 6.61 Å². The van der Waals surface area contributed by atoms with Crippen molar-refractivity contribution in [2.75, 3.05) is 0 Å². The van der Waals surface area contributed by atoms with Crippen LogP contribution >= 0.6 is 0 Å². The molecule has 0 unspecified atom stereocenters. The molecule has 1 aromatic rings. The Morgan fingerprint density at radius 3 is 1.76 bits per heavy atom. The minimum atomic E-state index is -0.242. The largest absolute Gasteiger partial charge is 0.461 e. The number of benzene rings is 1. The fraction of sp³-hybridized carbons (Fsp3) is 0.632. The van der Waals surface area contributed by atoms with E-state index in [1.165, 1.54) is 58.3 Å². The smallest absolute Gasteiger partial charge is 0.302 e. The van der Waals surface area contributed by atoms with Gasteiger partial charge in [0.25, 0.3) is 0 Å². The molecule has 21 heavy (non-hydrogen) atoms. The summed E-state index contributed by atoms with van der Waals surface area (Å²) in [5.41, 5.74) is 1.02. The van der Waals surface area contributed by atoms with Gasteiger partial charge in [-0.1, -0.05) is 95.5 Å². The Kier molecular flexibility index (Phi) is 14.1. The highest BCUT2D eigenvalue weighted by Gasteiger charge is 1.93. The van der Waals surface area contributed by atoms with Crippen LogP contribution in [-0.2, 0) is 16.1 Å². The van der Waals surface area contributed by atoms with Crippen molar-refractivity contribution in [3.05, 3.63) is 35.9 Å². The molecule has 2 nitrogen and oxygen atoms in total. The summed E-state index contributed by atoms with van der Waals surface area (Å²) in [5, 5.41) is 0. The van der Waals surface area contributed by atoms with Crippen LogP contribution in [0.5, 0.6) is 0 Å². The molecule has 0 bridgehead atoms. The molecule has 0 aliphatic rings. The van der Waals surface area contributed by atoms with Gasteiger partial charge in [-0.3, -0.25) is 4.79 Å². The van der Waals surface area contributed by atoms with E-state index >= 15 is 0 Å². The fourth-order valence-electron chi connectivity index (χ4n) is 1.97. The summed E-state index contributed by atoms with van der Waals surface area (Å²) < 4.78 is 4.79. The van der Waals surface area contributed by atoms with Crippen LogP contribution in [0.25, 0.3) is 0 Å². The summed E-state index contributed by atoms with van der Waals surface area (Å²) in [4.78, 5) is 10.4. The predicted molar refractivity (Wildman–Crippen MR) is 90.2 cm³/mol. The number of carbonyl (C=O) groups is 1. The summed E-state index contributed by atoms with van der Waals surface area (Å²) in [6, 6.07) is 9.60. The second kappa shape index (κ2) is 15.1. The van der Waals surface area contributed by atoms with Gasteiger partial charge in [0, 0.05) is 6.92 Å². The molecule has 0 heterocycles. The van der Waals surface area contributed by atoms with E-state index < -0.39 is 0 Å². The lowest BCUT2D eigenvalue weighted by molar-refractivity contribution is -0.142. The summed E-state index contributed by atoms with van der Waals surface area (Å²) >= 11 is 0. The van der Waals surface area contributed by atoms with Gasteiger partial charge in [-0.2, -0.15) is 0 Å². The third-order valence-electron chi connectivity index (χ3n) is 3.24. The molecule has 0 spiro atoms. The highest BCUT2D eigenvalue weighted by molar-refractivity contribution is 5.65. The van der Waals surface area contributed by atoms with E-state index in [0.717, 1.165) is 5.56 Å². The highest BCUT2D eigenvalue weighted by atomic mass is 16.5. The number of carbonyl (C=O) groups excluding carboxylic acids is 1. The molecule has 0 fully saturated rings. The van der Waals surface area contributed by atoms with E-state index in [-0.39, 0.29) is 5.97 Å². The molecular weight excluding hydrogens is 260 g/mol. The SMILES string of the molecule is CC(=O)OCc1ccccc1.CCCCCCCCCC. The average molecular weight is 292 g/mol. The number of hydrogen-bond acceptors (Lipinski definition) is 2. The van der Waals surface area contributed by atoms with Crippen molar-refractivity contribution in [3.63, 3.8) is 0 Å². The van der Waals surface area contributed by atoms with Crippen molar-refractivity contribution in [2.24, 2.45) is 0 Å². The normalized spacial score (nSPS) is 9.67. The predicted octanol–water partition coefficient (Wildman–Crippen LogP) is 5.90. The van der Waals surface area contributed by atoms with Gasteiger partial charge >= 0.3 is 5.97 Å². The van der Waals surface area contributed by atoms with Gasteiger partial charge in [0.05, 0.1) is 0 Å². The molecular formula is C19H32O2. The van der Waals surface area contributed by atoms with Crippen molar-refractivity contribution in [1.82, 2.24) is 0 Å². The third-order valence-corrected chi connectivity index (χ3v) is 3.24. The van der Waals surface area contributed by atoms with Crippen molar-refractivity contribution in [2.45, 2.75) is 78.7 Å². The van der Waals surface area contributed by atoms with Gasteiger partial charge in [-0.25, -0.2) is 0 Å². The maximum atomic E-state index is 10.4. The Balaban J connectivity index is 0.000000384. The molecule has 0 amide bonds. The third kappa shape index (κ3) is 14.9. The van der Waals surface area contributed by atoms with Gasteiger partial charge in [0.15, 0.2) is 0 Å². The Morgan fingerprint density at radius 2 is 1.33 bits per heavy atom. The summed E-state index contributed by atoms with van der Waals surface area (Å²) in [6.45, 7) is 6.32. The Morgan fingerprint density at radius 1 is 0.857 bits per heavy atom. The quantitative estimate of drug-likeness (QED) is 0.418. The topological polar surface area (TPSA) is 26.3 Å². The van der Waals surface area contributed by atoms with E-state index in [2.05, 4.69) is 13.8 Å². The Labute approximate surface area is 130 Å². The number of rotatable bonds is 9. The van der Waals surface area contributed by atoms with Gasteiger partial charge in [0.1, 0.15) is 6.61 Å². The van der Waals surface area contributed by atoms with E-state index in [9.17, 15) is 4.79 Å². The summed E-state index contributed by atoms with van der Waals surface area (Å²) in [7, 11) is 0. The van der Waals surface area contributed by atoms with Crippen LogP contribution in [0.3, 0.4) is 0 Å². The second-order valence-corrected chi connectivity index (χ2v) is 5.39. The van der Waals surface area contributed by atoms with E-state index in [1.807, 2.05) is 30.3 Å². The zero-order chi connectivity index (χ0) is 15.8. The van der Waals surface area contributed by atoms with E-state index in [4.69, 9.17) is 4.74 Å². The lowest BCUT2D eigenvalue weighted by Crippen LogP contribution is -1.97. The van der Waals surface area contributed by atoms with Crippen molar-refractivity contribution in [3.8, 4) is 0 Å². The first-order valence-corrected chi connectivity index (χ1v) is 8.38. The molecule has 0 aliphatic carbocycles. The first-order valence-electron chi connectivity index (χ1n) is 8.38. The molecule has 0 aliphatic heterocycles. The molecule has 1 aromatic carbocycles. The molecule has 2 heteroatoms. The zero-order valence-electron chi connectivity index (χ0n) is 14.1. The Bertz CT molecular complexity index is 325. The molecule has 120 valence electrons. The first-order chi connectivity index (χ1) is 10.2. The minimum absolute atomic E-state index is 0.242. The molecule has 1 rings (SSSR count). The number of unbranched alkanes of at least 4 members (excludes halogenated alkanes) is 7. The van der Waals surface area contributed by atoms with Crippen LogP contribution in [0.2, 0.25) is 0 Å². The van der Waals surface area contributed by atoms with Gasteiger partial charge in [-0.05, 0) is 5.56 Å². The lowest BCUT2D eigenvalue weighted by atomic mass is 10.1. The molecule has 0 radical (unpaired) electrons. The zero-order valence-corrected chi connectivity index (χ0v) is 14.1. The summed E-state index contributed by atoms with van der Waals surface area (Å²) in [6.07, 6.45) is 11.5. The monoisotopic (exact) mass is 292 g/mol. The fourth-order valence-corrected chi connectivity index (χ4v) is 1.97. The van der Waals surface area contributed by atoms with Crippen molar-refractivity contribution >= 4 is 5.97 Å². The maximum absolute atomic E-state index is 10.4. The molecule has 0 N–H and O–H groups in total. The van der Waals surface area contributed by atoms with Crippen molar-refractivity contribution in [1.29, 1.82) is 0 Å². The molecule has 0 atom stereocenters. The van der Waals surface area contributed by atoms with Crippen LogP contribution < -0.4 is 0 Å².